The number of H-pyrrole nitrogens is 1. The number of benzene rings is 1. The molecule has 0 aliphatic heterocycles. The molecule has 8 heteroatoms. The standard InChI is InChI=1S/C17H18N4OS3/c1-11(16(22)18-13-7-3-4-8-14(13)23-2)25-17-19-15(20-21-17)10-12-6-5-9-24-12/h3-9,11H,10H2,1-2H3,(H,18,22)(H,19,20,21). The van der Waals surface area contributed by atoms with E-state index < -0.39 is 0 Å². The average molecular weight is 391 g/mol. The molecule has 130 valence electrons. The zero-order valence-corrected chi connectivity index (χ0v) is 16.3. The number of aromatic nitrogens is 3. The van der Waals surface area contributed by atoms with Crippen molar-refractivity contribution in [3.05, 3.63) is 52.5 Å². The number of anilines is 1. The molecular weight excluding hydrogens is 372 g/mol. The first kappa shape index (κ1) is 18.0. The highest BCUT2D eigenvalue weighted by atomic mass is 32.2. The van der Waals surface area contributed by atoms with Gasteiger partial charge in [0.2, 0.25) is 11.1 Å². The number of hydrogen-bond donors (Lipinski definition) is 2. The van der Waals surface area contributed by atoms with Crippen molar-refractivity contribution in [2.45, 2.75) is 28.6 Å². The quantitative estimate of drug-likeness (QED) is 0.589. The van der Waals surface area contributed by atoms with Gasteiger partial charge in [0.25, 0.3) is 0 Å². The highest BCUT2D eigenvalue weighted by molar-refractivity contribution is 8.00. The molecule has 0 saturated carbocycles. The summed E-state index contributed by atoms with van der Waals surface area (Å²) in [5.41, 5.74) is 0.834. The Morgan fingerprint density at radius 3 is 2.92 bits per heavy atom. The zero-order valence-electron chi connectivity index (χ0n) is 13.9. The molecule has 2 N–H and O–H groups in total. The number of carbonyl (C=O) groups excluding carboxylic acids is 1. The van der Waals surface area contributed by atoms with Crippen LogP contribution in [0.25, 0.3) is 0 Å². The lowest BCUT2D eigenvalue weighted by Gasteiger charge is -2.12. The Hall–Kier alpha value is -1.77. The van der Waals surface area contributed by atoms with Crippen molar-refractivity contribution in [3.8, 4) is 0 Å². The number of carbonyl (C=O) groups is 1. The van der Waals surface area contributed by atoms with Crippen LogP contribution < -0.4 is 5.32 Å². The summed E-state index contributed by atoms with van der Waals surface area (Å²) >= 11 is 4.65. The van der Waals surface area contributed by atoms with E-state index in [0.29, 0.717) is 5.16 Å². The number of thioether (sulfide) groups is 2. The maximum atomic E-state index is 12.4. The minimum Gasteiger partial charge on any atom is -0.324 e. The van der Waals surface area contributed by atoms with Gasteiger partial charge in [0, 0.05) is 16.2 Å². The van der Waals surface area contributed by atoms with Gasteiger partial charge < -0.3 is 5.32 Å². The van der Waals surface area contributed by atoms with Gasteiger partial charge in [-0.3, -0.25) is 9.89 Å². The molecule has 0 aliphatic rings. The number of hydrogen-bond acceptors (Lipinski definition) is 6. The molecule has 0 spiro atoms. The van der Waals surface area contributed by atoms with Crippen molar-refractivity contribution in [3.63, 3.8) is 0 Å². The van der Waals surface area contributed by atoms with E-state index >= 15 is 0 Å². The molecular formula is C17H18N4OS3. The molecule has 5 nitrogen and oxygen atoms in total. The van der Waals surface area contributed by atoms with E-state index in [0.717, 1.165) is 22.8 Å². The third kappa shape index (κ3) is 4.87. The van der Waals surface area contributed by atoms with E-state index in [9.17, 15) is 4.79 Å². The fraction of sp³-hybridized carbons (Fsp3) is 0.235. The number of aromatic amines is 1. The van der Waals surface area contributed by atoms with Gasteiger partial charge in [0.05, 0.1) is 10.9 Å². The van der Waals surface area contributed by atoms with Gasteiger partial charge in [-0.25, -0.2) is 4.98 Å². The fourth-order valence-electron chi connectivity index (χ4n) is 2.18. The van der Waals surface area contributed by atoms with Crippen LogP contribution in [0.15, 0.2) is 51.8 Å². The summed E-state index contributed by atoms with van der Waals surface area (Å²) in [5.74, 6) is 0.751. The minimum atomic E-state index is -0.291. The molecule has 0 bridgehead atoms. The predicted octanol–water partition coefficient (Wildman–Crippen LogP) is 4.30. The first-order valence-electron chi connectivity index (χ1n) is 7.70. The smallest absolute Gasteiger partial charge is 0.237 e. The molecule has 1 atom stereocenters. The highest BCUT2D eigenvalue weighted by Crippen LogP contribution is 2.26. The topological polar surface area (TPSA) is 70.7 Å². The lowest BCUT2D eigenvalue weighted by atomic mass is 10.3. The second-order valence-electron chi connectivity index (χ2n) is 5.27. The molecule has 2 aromatic heterocycles. The largest absolute Gasteiger partial charge is 0.324 e. The molecule has 25 heavy (non-hydrogen) atoms. The lowest BCUT2D eigenvalue weighted by molar-refractivity contribution is -0.115. The van der Waals surface area contributed by atoms with Crippen molar-refractivity contribution in [2.24, 2.45) is 0 Å². The van der Waals surface area contributed by atoms with E-state index in [4.69, 9.17) is 0 Å². The van der Waals surface area contributed by atoms with Gasteiger partial charge in [-0.1, -0.05) is 30.0 Å². The van der Waals surface area contributed by atoms with Crippen molar-refractivity contribution in [2.75, 3.05) is 11.6 Å². The molecule has 1 unspecified atom stereocenters. The summed E-state index contributed by atoms with van der Waals surface area (Å²) in [7, 11) is 0. The molecule has 3 aromatic rings. The Bertz CT molecular complexity index is 832. The first-order chi connectivity index (χ1) is 12.2. The molecule has 0 radical (unpaired) electrons. The summed E-state index contributed by atoms with van der Waals surface area (Å²) in [6.45, 7) is 1.86. The zero-order chi connectivity index (χ0) is 17.6. The summed E-state index contributed by atoms with van der Waals surface area (Å²) < 4.78 is 0. The second-order valence-corrected chi connectivity index (χ2v) is 8.46. The number of amides is 1. The summed E-state index contributed by atoms with van der Waals surface area (Å²) in [5, 5.41) is 12.5. The third-order valence-electron chi connectivity index (χ3n) is 3.45. The van der Waals surface area contributed by atoms with Gasteiger partial charge in [0.1, 0.15) is 5.82 Å². The Morgan fingerprint density at radius 1 is 1.32 bits per heavy atom. The summed E-state index contributed by atoms with van der Waals surface area (Å²) in [4.78, 5) is 19.2. The number of para-hydroxylation sites is 1. The van der Waals surface area contributed by atoms with Crippen LogP contribution in [0.3, 0.4) is 0 Å². The molecule has 1 amide bonds. The molecule has 0 saturated heterocycles. The van der Waals surface area contributed by atoms with E-state index in [2.05, 4.69) is 26.6 Å². The number of rotatable bonds is 7. The number of nitrogens with one attached hydrogen (secondary N) is 2. The van der Waals surface area contributed by atoms with Crippen LogP contribution in [-0.4, -0.2) is 32.6 Å². The monoisotopic (exact) mass is 390 g/mol. The van der Waals surface area contributed by atoms with Crippen LogP contribution in [0, 0.1) is 0 Å². The van der Waals surface area contributed by atoms with Crippen LogP contribution in [0.4, 0.5) is 5.69 Å². The Balaban J connectivity index is 1.59. The van der Waals surface area contributed by atoms with Crippen molar-refractivity contribution in [1.29, 1.82) is 0 Å². The molecule has 0 aliphatic carbocycles. The van der Waals surface area contributed by atoms with Crippen molar-refractivity contribution < 1.29 is 4.79 Å². The lowest BCUT2D eigenvalue weighted by Crippen LogP contribution is -2.22. The second kappa shape index (κ2) is 8.55. The Labute approximate surface area is 159 Å². The Kier molecular flexibility index (Phi) is 6.17. The molecule has 2 heterocycles. The summed E-state index contributed by atoms with van der Waals surface area (Å²) in [6.07, 6.45) is 2.72. The van der Waals surface area contributed by atoms with Gasteiger partial charge in [0.15, 0.2) is 0 Å². The number of thiophene rings is 1. The van der Waals surface area contributed by atoms with Crippen molar-refractivity contribution >= 4 is 46.5 Å². The van der Waals surface area contributed by atoms with Crippen LogP contribution in [-0.2, 0) is 11.2 Å². The van der Waals surface area contributed by atoms with Crippen LogP contribution in [0.5, 0.6) is 0 Å². The van der Waals surface area contributed by atoms with E-state index in [-0.39, 0.29) is 11.2 Å². The van der Waals surface area contributed by atoms with Crippen LogP contribution in [0.2, 0.25) is 0 Å². The first-order valence-corrected chi connectivity index (χ1v) is 10.7. The SMILES string of the molecule is CSc1ccccc1NC(=O)C(C)Sc1n[nH]c(Cc2cccs2)n1. The predicted molar refractivity (Wildman–Crippen MR) is 106 cm³/mol. The maximum Gasteiger partial charge on any atom is 0.237 e. The molecule has 3 rings (SSSR count). The number of nitrogens with zero attached hydrogens (tertiary/aromatic N) is 2. The van der Waals surface area contributed by atoms with E-state index in [1.54, 1.807) is 23.1 Å². The summed E-state index contributed by atoms with van der Waals surface area (Å²) in [6, 6.07) is 11.9. The fourth-order valence-corrected chi connectivity index (χ4v) is 4.19. The molecule has 0 fully saturated rings. The maximum absolute atomic E-state index is 12.4. The van der Waals surface area contributed by atoms with Gasteiger partial charge in [-0.15, -0.1) is 28.2 Å². The average Bonchev–Trinajstić information content (AvgIpc) is 3.28. The van der Waals surface area contributed by atoms with E-state index in [1.807, 2.05) is 48.9 Å². The minimum absolute atomic E-state index is 0.0592. The van der Waals surface area contributed by atoms with Gasteiger partial charge in [-0.2, -0.15) is 0 Å². The normalized spacial score (nSPS) is 12.1. The van der Waals surface area contributed by atoms with E-state index in [1.165, 1.54) is 16.6 Å². The third-order valence-corrected chi connectivity index (χ3v) is 6.08. The van der Waals surface area contributed by atoms with Crippen molar-refractivity contribution in [1.82, 2.24) is 15.2 Å². The van der Waals surface area contributed by atoms with Gasteiger partial charge >= 0.3 is 0 Å². The van der Waals surface area contributed by atoms with Gasteiger partial charge in [-0.05, 0) is 36.8 Å². The van der Waals surface area contributed by atoms with Crippen LogP contribution in [0.1, 0.15) is 17.6 Å². The molecule has 1 aromatic carbocycles. The Morgan fingerprint density at radius 2 is 2.16 bits per heavy atom. The highest BCUT2D eigenvalue weighted by Gasteiger charge is 2.18. The van der Waals surface area contributed by atoms with Crippen LogP contribution >= 0.6 is 34.9 Å².